The molecule has 1 aromatic carbocycles. The van der Waals surface area contributed by atoms with Crippen LogP contribution >= 0.6 is 0 Å². The van der Waals surface area contributed by atoms with E-state index in [0.29, 0.717) is 0 Å². The van der Waals surface area contributed by atoms with Crippen molar-refractivity contribution in [3.8, 4) is 0 Å². The average molecular weight is 450 g/mol. The number of quaternary nitrogens is 2. The molecule has 1 saturated heterocycles. The highest BCUT2D eigenvalue weighted by atomic mass is 79.9. The highest BCUT2D eigenvalue weighted by Crippen LogP contribution is 2.25. The Morgan fingerprint density at radius 2 is 1.57 bits per heavy atom. The van der Waals surface area contributed by atoms with Gasteiger partial charge in [0.25, 0.3) is 0 Å². The Morgan fingerprint density at radius 3 is 2.09 bits per heavy atom. The quantitative estimate of drug-likeness (QED) is 0.411. The smallest absolute Gasteiger partial charge is 0.0838 e. The molecule has 0 amide bonds. The molecule has 0 unspecified atom stereocenters. The van der Waals surface area contributed by atoms with Crippen molar-refractivity contribution >= 4 is 0 Å². The van der Waals surface area contributed by atoms with Crippen LogP contribution in [-0.4, -0.2) is 63.3 Å². The maximum absolute atomic E-state index is 2.47. The van der Waals surface area contributed by atoms with Crippen molar-refractivity contribution in [2.45, 2.75) is 25.7 Å². The van der Waals surface area contributed by atoms with Crippen molar-refractivity contribution in [2.75, 3.05) is 54.4 Å². The van der Waals surface area contributed by atoms with Gasteiger partial charge in [0.2, 0.25) is 0 Å². The standard InChI is InChI=1S/C19H34N2.2BrH/c1-20(2,3)13-8-14-21(4)15-11-19(12-16-21)17-18-9-6-5-7-10-18;;/h5-7,9-10,19H,8,11-17H2,1-4H3;2*1H/q+2;;/p-2. The SMILES string of the molecule is C[N+](C)(C)CCC[N+]1(C)CCC(Cc2ccccc2)CC1.[Br-].[Br-]. The Hall–Kier alpha value is 0.1000. The van der Waals surface area contributed by atoms with Crippen LogP contribution < -0.4 is 34.0 Å². The highest BCUT2D eigenvalue weighted by molar-refractivity contribution is 5.15. The molecule has 1 fully saturated rings. The molecule has 0 atom stereocenters. The largest absolute Gasteiger partial charge is 1.00 e. The van der Waals surface area contributed by atoms with E-state index in [9.17, 15) is 0 Å². The summed E-state index contributed by atoms with van der Waals surface area (Å²) in [6.45, 7) is 5.39. The Balaban J connectivity index is 0.00000242. The normalized spacial score (nSPS) is 24.4. The van der Waals surface area contributed by atoms with E-state index in [4.69, 9.17) is 0 Å². The van der Waals surface area contributed by atoms with E-state index in [2.05, 4.69) is 58.5 Å². The van der Waals surface area contributed by atoms with Crippen molar-refractivity contribution in [3.05, 3.63) is 35.9 Å². The summed E-state index contributed by atoms with van der Waals surface area (Å²) in [5.41, 5.74) is 1.52. The van der Waals surface area contributed by atoms with Gasteiger partial charge in [-0.05, 0) is 30.7 Å². The van der Waals surface area contributed by atoms with Crippen molar-refractivity contribution in [2.24, 2.45) is 5.92 Å². The minimum absolute atomic E-state index is 0. The minimum atomic E-state index is 0. The molecule has 2 nitrogen and oxygen atoms in total. The lowest BCUT2D eigenvalue weighted by atomic mass is 9.89. The summed E-state index contributed by atoms with van der Waals surface area (Å²) in [4.78, 5) is 0. The summed E-state index contributed by atoms with van der Waals surface area (Å²) < 4.78 is 2.39. The lowest BCUT2D eigenvalue weighted by Crippen LogP contribution is -3.00. The van der Waals surface area contributed by atoms with Crippen molar-refractivity contribution < 1.29 is 42.9 Å². The second-order valence-electron chi connectivity index (χ2n) is 8.29. The third-order valence-corrected chi connectivity index (χ3v) is 5.05. The van der Waals surface area contributed by atoms with Crippen LogP contribution in [-0.2, 0) is 6.42 Å². The number of rotatable bonds is 6. The van der Waals surface area contributed by atoms with Crippen molar-refractivity contribution in [1.82, 2.24) is 0 Å². The molecule has 134 valence electrons. The third-order valence-electron chi connectivity index (χ3n) is 5.05. The number of nitrogens with zero attached hydrogens (tertiary/aromatic N) is 2. The van der Waals surface area contributed by atoms with Gasteiger partial charge in [0.15, 0.2) is 0 Å². The van der Waals surface area contributed by atoms with E-state index in [1.807, 2.05) is 0 Å². The van der Waals surface area contributed by atoms with E-state index in [1.165, 1.54) is 61.9 Å². The molecular formula is C19H34Br2N2. The fraction of sp³-hybridized carbons (Fsp3) is 0.684. The average Bonchev–Trinajstić information content (AvgIpc) is 2.41. The highest BCUT2D eigenvalue weighted by Gasteiger charge is 2.30. The first-order chi connectivity index (χ1) is 9.86. The van der Waals surface area contributed by atoms with Crippen LogP contribution in [0.5, 0.6) is 0 Å². The van der Waals surface area contributed by atoms with Gasteiger partial charge in [0, 0.05) is 6.42 Å². The summed E-state index contributed by atoms with van der Waals surface area (Å²) in [6.07, 6.45) is 5.43. The first kappa shape index (κ1) is 23.1. The molecule has 0 aliphatic carbocycles. The summed E-state index contributed by atoms with van der Waals surface area (Å²) in [6, 6.07) is 11.0. The lowest BCUT2D eigenvalue weighted by molar-refractivity contribution is -0.922. The van der Waals surface area contributed by atoms with Gasteiger partial charge in [0.1, 0.15) is 0 Å². The van der Waals surface area contributed by atoms with Gasteiger partial charge in [-0.1, -0.05) is 30.3 Å². The third kappa shape index (κ3) is 8.67. The Morgan fingerprint density at radius 1 is 1.00 bits per heavy atom. The zero-order valence-electron chi connectivity index (χ0n) is 15.3. The Labute approximate surface area is 164 Å². The van der Waals surface area contributed by atoms with Crippen LogP contribution in [0, 0.1) is 5.92 Å². The van der Waals surface area contributed by atoms with Crippen LogP contribution in [0.1, 0.15) is 24.8 Å². The fourth-order valence-corrected chi connectivity index (χ4v) is 3.55. The molecule has 1 aromatic rings. The van der Waals surface area contributed by atoms with Crippen LogP contribution in [0.2, 0.25) is 0 Å². The van der Waals surface area contributed by atoms with E-state index < -0.39 is 0 Å². The number of halogens is 2. The van der Waals surface area contributed by atoms with E-state index in [1.54, 1.807) is 0 Å². The number of hydrogen-bond donors (Lipinski definition) is 0. The molecule has 0 N–H and O–H groups in total. The Bertz CT molecular complexity index is 421. The van der Waals surface area contributed by atoms with Crippen LogP contribution in [0.4, 0.5) is 0 Å². The molecular weight excluding hydrogens is 416 g/mol. The molecule has 23 heavy (non-hydrogen) atoms. The predicted molar refractivity (Wildman–Crippen MR) is 91.2 cm³/mol. The summed E-state index contributed by atoms with van der Waals surface area (Å²) in [5.74, 6) is 0.900. The summed E-state index contributed by atoms with van der Waals surface area (Å²) >= 11 is 0. The number of likely N-dealkylation sites (tertiary alicyclic amines) is 1. The maximum Gasteiger partial charge on any atom is 0.0838 e. The number of hydrogen-bond acceptors (Lipinski definition) is 0. The molecule has 0 bridgehead atoms. The molecule has 0 aromatic heterocycles. The lowest BCUT2D eigenvalue weighted by Gasteiger charge is -2.41. The molecule has 1 aliphatic heterocycles. The summed E-state index contributed by atoms with van der Waals surface area (Å²) in [5, 5.41) is 0. The number of benzene rings is 1. The van der Waals surface area contributed by atoms with Gasteiger partial charge < -0.3 is 42.9 Å². The first-order valence-corrected chi connectivity index (χ1v) is 8.54. The van der Waals surface area contributed by atoms with Crippen molar-refractivity contribution in [3.63, 3.8) is 0 Å². The van der Waals surface area contributed by atoms with Gasteiger partial charge in [-0.2, -0.15) is 0 Å². The fourth-order valence-electron chi connectivity index (χ4n) is 3.55. The molecule has 1 aliphatic rings. The second-order valence-corrected chi connectivity index (χ2v) is 8.29. The molecule has 0 saturated carbocycles. The molecule has 1 heterocycles. The number of piperidine rings is 1. The predicted octanol–water partition coefficient (Wildman–Crippen LogP) is -2.81. The second kappa shape index (κ2) is 10.2. The monoisotopic (exact) mass is 448 g/mol. The zero-order chi connectivity index (χ0) is 15.3. The topological polar surface area (TPSA) is 0 Å². The Kier molecular flexibility index (Phi) is 10.2. The first-order valence-electron chi connectivity index (χ1n) is 8.54. The zero-order valence-corrected chi connectivity index (χ0v) is 18.4. The van der Waals surface area contributed by atoms with E-state index in [-0.39, 0.29) is 34.0 Å². The summed E-state index contributed by atoms with van der Waals surface area (Å²) in [7, 11) is 9.36. The molecule has 2 rings (SSSR count). The van der Waals surface area contributed by atoms with Gasteiger partial charge in [-0.25, -0.2) is 0 Å². The minimum Gasteiger partial charge on any atom is -1.00 e. The van der Waals surface area contributed by atoms with Crippen molar-refractivity contribution in [1.29, 1.82) is 0 Å². The van der Waals surface area contributed by atoms with Gasteiger partial charge in [0.05, 0.1) is 54.4 Å². The van der Waals surface area contributed by atoms with Gasteiger partial charge in [-0.3, -0.25) is 0 Å². The maximum atomic E-state index is 2.47. The van der Waals surface area contributed by atoms with Crippen LogP contribution in [0.3, 0.4) is 0 Å². The molecule has 0 spiro atoms. The molecule has 0 radical (unpaired) electrons. The van der Waals surface area contributed by atoms with E-state index >= 15 is 0 Å². The van der Waals surface area contributed by atoms with Crippen LogP contribution in [0.15, 0.2) is 30.3 Å². The van der Waals surface area contributed by atoms with Gasteiger partial charge >= 0.3 is 0 Å². The van der Waals surface area contributed by atoms with Gasteiger partial charge in [-0.15, -0.1) is 0 Å². The van der Waals surface area contributed by atoms with E-state index in [0.717, 1.165) is 10.4 Å². The molecule has 4 heteroatoms. The van der Waals surface area contributed by atoms with Crippen LogP contribution in [0.25, 0.3) is 0 Å².